The Kier molecular flexibility index (Phi) is 3.10. The number of rotatable bonds is 3. The van der Waals surface area contributed by atoms with Crippen molar-refractivity contribution in [1.29, 1.82) is 0 Å². The van der Waals surface area contributed by atoms with Gasteiger partial charge in [0.25, 0.3) is 10.0 Å². The van der Waals surface area contributed by atoms with E-state index in [1.54, 1.807) is 30.3 Å². The smallest absolute Gasteiger partial charge is 0.265 e. The maximum absolute atomic E-state index is 12.2. The quantitative estimate of drug-likeness (QED) is 0.829. The number of benzene rings is 1. The van der Waals surface area contributed by atoms with Gasteiger partial charge in [-0.2, -0.15) is 0 Å². The Bertz CT molecular complexity index is 582. The van der Waals surface area contributed by atoms with Crippen molar-refractivity contribution in [3.8, 4) is 0 Å². The Morgan fingerprint density at radius 1 is 1.24 bits per heavy atom. The highest BCUT2D eigenvalue weighted by Gasteiger charge is 2.20. The molecule has 5 heteroatoms. The highest BCUT2D eigenvalue weighted by molar-refractivity contribution is 7.92. The molecule has 0 bridgehead atoms. The molecule has 2 aromatic rings. The second-order valence-corrected chi connectivity index (χ2v) is 5.39. The van der Waals surface area contributed by atoms with Crippen molar-refractivity contribution in [3.63, 3.8) is 0 Å². The second-order valence-electron chi connectivity index (χ2n) is 3.42. The molecule has 0 spiro atoms. The first kappa shape index (κ1) is 11.6. The third-order valence-electron chi connectivity index (χ3n) is 2.36. The fourth-order valence-corrected chi connectivity index (χ4v) is 2.54. The number of hydrogen-bond donors (Lipinski definition) is 0. The highest BCUT2D eigenvalue weighted by Crippen LogP contribution is 2.20. The van der Waals surface area contributed by atoms with E-state index in [0.717, 1.165) is 0 Å². The summed E-state index contributed by atoms with van der Waals surface area (Å²) in [4.78, 5) is 3.99. The molecule has 1 heterocycles. The predicted molar refractivity (Wildman–Crippen MR) is 65.1 cm³/mol. The minimum atomic E-state index is -3.54. The van der Waals surface area contributed by atoms with Crippen molar-refractivity contribution in [1.82, 2.24) is 4.98 Å². The Balaban J connectivity index is 2.41. The van der Waals surface area contributed by atoms with Gasteiger partial charge in [-0.15, -0.1) is 0 Å². The molecule has 2 rings (SSSR count). The third kappa shape index (κ3) is 2.29. The molecular formula is C12H11N2O2S. The summed E-state index contributed by atoms with van der Waals surface area (Å²) in [7, 11) is -2.02. The Morgan fingerprint density at radius 3 is 2.53 bits per heavy atom. The summed E-state index contributed by atoms with van der Waals surface area (Å²) in [6.07, 6.45) is 2.87. The first-order valence-electron chi connectivity index (χ1n) is 4.97. The van der Waals surface area contributed by atoms with Crippen molar-refractivity contribution in [2.45, 2.75) is 4.90 Å². The zero-order valence-electron chi connectivity index (χ0n) is 9.24. The Morgan fingerprint density at radius 2 is 1.94 bits per heavy atom. The normalized spacial score (nSPS) is 11.1. The van der Waals surface area contributed by atoms with Crippen LogP contribution in [0.4, 0.5) is 5.69 Å². The van der Waals surface area contributed by atoms with Gasteiger partial charge in [-0.05, 0) is 30.3 Å². The fraction of sp³-hybridized carbons (Fsp3) is 0.0833. The molecular weight excluding hydrogens is 236 g/mol. The summed E-state index contributed by atoms with van der Waals surface area (Å²) in [5.74, 6) is 0. The lowest BCUT2D eigenvalue weighted by Crippen LogP contribution is -2.26. The molecule has 0 aliphatic heterocycles. The van der Waals surface area contributed by atoms with E-state index in [4.69, 9.17) is 0 Å². The topological polar surface area (TPSA) is 50.3 Å². The monoisotopic (exact) mass is 247 g/mol. The fourth-order valence-electron chi connectivity index (χ4n) is 1.38. The average Bonchev–Trinajstić information content (AvgIpc) is 2.40. The number of nitrogens with zero attached hydrogens (tertiary/aromatic N) is 2. The maximum Gasteiger partial charge on any atom is 0.265 e. The van der Waals surface area contributed by atoms with Gasteiger partial charge in [0, 0.05) is 19.4 Å². The molecule has 17 heavy (non-hydrogen) atoms. The van der Waals surface area contributed by atoms with Gasteiger partial charge in [0.2, 0.25) is 0 Å². The Labute approximate surface area is 101 Å². The van der Waals surface area contributed by atoms with E-state index >= 15 is 0 Å². The standard InChI is InChI=1S/C12H11N2O2S/c1-14(11-6-3-2-4-7-11)17(15,16)12-8-5-9-13-10-12/h3-10H,1H3. The number of hydrogen-bond acceptors (Lipinski definition) is 3. The summed E-state index contributed by atoms with van der Waals surface area (Å²) >= 11 is 0. The van der Waals surface area contributed by atoms with E-state index in [1.807, 2.05) is 0 Å². The van der Waals surface area contributed by atoms with Crippen LogP contribution in [0.2, 0.25) is 0 Å². The summed E-state index contributed by atoms with van der Waals surface area (Å²) in [6, 6.07) is 12.7. The maximum atomic E-state index is 12.2. The van der Waals surface area contributed by atoms with E-state index in [0.29, 0.717) is 5.69 Å². The number of pyridine rings is 1. The molecule has 1 aromatic heterocycles. The molecule has 1 aromatic carbocycles. The lowest BCUT2D eigenvalue weighted by molar-refractivity contribution is 0.594. The van der Waals surface area contributed by atoms with E-state index < -0.39 is 10.0 Å². The minimum absolute atomic E-state index is 0.176. The van der Waals surface area contributed by atoms with Crippen LogP contribution in [0.15, 0.2) is 53.7 Å². The largest absolute Gasteiger partial charge is 0.269 e. The molecule has 0 unspecified atom stereocenters. The van der Waals surface area contributed by atoms with E-state index in [-0.39, 0.29) is 4.90 Å². The zero-order valence-corrected chi connectivity index (χ0v) is 10.1. The van der Waals surface area contributed by atoms with Crippen LogP contribution in [0.5, 0.6) is 0 Å². The molecule has 4 nitrogen and oxygen atoms in total. The van der Waals surface area contributed by atoms with Crippen molar-refractivity contribution < 1.29 is 8.42 Å². The van der Waals surface area contributed by atoms with Gasteiger partial charge < -0.3 is 0 Å². The van der Waals surface area contributed by atoms with Crippen molar-refractivity contribution in [2.24, 2.45) is 0 Å². The Hall–Kier alpha value is -1.88. The van der Waals surface area contributed by atoms with E-state index in [2.05, 4.69) is 11.1 Å². The van der Waals surface area contributed by atoms with Crippen LogP contribution in [-0.2, 0) is 10.0 Å². The van der Waals surface area contributed by atoms with Gasteiger partial charge in [-0.1, -0.05) is 12.1 Å². The number of sulfonamides is 1. The van der Waals surface area contributed by atoms with Gasteiger partial charge in [-0.3, -0.25) is 9.29 Å². The lowest BCUT2D eigenvalue weighted by atomic mass is 10.3. The van der Waals surface area contributed by atoms with Gasteiger partial charge in [0.1, 0.15) is 4.90 Å². The highest BCUT2D eigenvalue weighted by atomic mass is 32.2. The lowest BCUT2D eigenvalue weighted by Gasteiger charge is -2.18. The molecule has 0 saturated heterocycles. The number of aromatic nitrogens is 1. The van der Waals surface area contributed by atoms with Gasteiger partial charge >= 0.3 is 0 Å². The van der Waals surface area contributed by atoms with Crippen LogP contribution in [-0.4, -0.2) is 20.4 Å². The van der Waals surface area contributed by atoms with Crippen molar-refractivity contribution >= 4 is 15.7 Å². The first-order chi connectivity index (χ1) is 8.12. The molecule has 0 fully saturated rings. The van der Waals surface area contributed by atoms with Gasteiger partial charge in [0.05, 0.1) is 5.69 Å². The molecule has 0 aliphatic carbocycles. The van der Waals surface area contributed by atoms with Gasteiger partial charge in [-0.25, -0.2) is 8.42 Å². The minimum Gasteiger partial charge on any atom is -0.269 e. The van der Waals surface area contributed by atoms with E-state index in [1.165, 1.54) is 29.8 Å². The molecule has 0 N–H and O–H groups in total. The van der Waals surface area contributed by atoms with Crippen LogP contribution in [0, 0.1) is 6.07 Å². The van der Waals surface area contributed by atoms with Crippen LogP contribution in [0.3, 0.4) is 0 Å². The molecule has 87 valence electrons. The van der Waals surface area contributed by atoms with Crippen molar-refractivity contribution in [3.05, 3.63) is 54.9 Å². The van der Waals surface area contributed by atoms with E-state index in [9.17, 15) is 8.42 Å². The average molecular weight is 247 g/mol. The molecule has 0 amide bonds. The SMILES string of the molecule is CN(c1cc[c]cc1)S(=O)(=O)c1cccnc1. The van der Waals surface area contributed by atoms with Crippen molar-refractivity contribution in [2.75, 3.05) is 11.4 Å². The zero-order chi connectivity index (χ0) is 12.3. The first-order valence-corrected chi connectivity index (χ1v) is 6.41. The molecule has 0 aliphatic rings. The van der Waals surface area contributed by atoms with Crippen LogP contribution in [0.25, 0.3) is 0 Å². The summed E-state index contributed by atoms with van der Waals surface area (Å²) in [6.45, 7) is 0. The third-order valence-corrected chi connectivity index (χ3v) is 4.13. The van der Waals surface area contributed by atoms with Crippen LogP contribution < -0.4 is 4.31 Å². The molecule has 0 saturated carbocycles. The summed E-state index contributed by atoms with van der Waals surface area (Å²) < 4.78 is 25.6. The predicted octanol–water partition coefficient (Wildman–Crippen LogP) is 1.71. The molecule has 1 radical (unpaired) electrons. The molecule has 0 atom stereocenters. The van der Waals surface area contributed by atoms with Crippen LogP contribution >= 0.6 is 0 Å². The summed E-state index contributed by atoms with van der Waals surface area (Å²) in [5.41, 5.74) is 0.590. The van der Waals surface area contributed by atoms with Crippen LogP contribution in [0.1, 0.15) is 0 Å². The summed E-state index contributed by atoms with van der Waals surface area (Å²) in [5, 5.41) is 0. The number of anilines is 1. The van der Waals surface area contributed by atoms with Gasteiger partial charge in [0.15, 0.2) is 0 Å². The second kappa shape index (κ2) is 4.55.